The Labute approximate surface area is 160 Å². The topological polar surface area (TPSA) is 37.6 Å². The van der Waals surface area contributed by atoms with Gasteiger partial charge in [0.2, 0.25) is 0 Å². The van der Waals surface area contributed by atoms with E-state index >= 15 is 0 Å². The van der Waals surface area contributed by atoms with Gasteiger partial charge in [0, 0.05) is 24.5 Å². The van der Waals surface area contributed by atoms with Gasteiger partial charge >= 0.3 is 0 Å². The van der Waals surface area contributed by atoms with Crippen molar-refractivity contribution in [1.29, 1.82) is 0 Å². The van der Waals surface area contributed by atoms with E-state index in [0.717, 1.165) is 16.8 Å². The zero-order valence-electron chi connectivity index (χ0n) is 14.8. The van der Waals surface area contributed by atoms with Crippen LogP contribution in [0.25, 0.3) is 16.2 Å². The summed E-state index contributed by atoms with van der Waals surface area (Å²) >= 11 is 1.45. The number of aromatic nitrogens is 2. The number of benzene rings is 2. The second-order valence-corrected chi connectivity index (χ2v) is 7.33. The lowest BCUT2D eigenvalue weighted by molar-refractivity contribution is 0.314. The molecule has 4 aromatic rings. The summed E-state index contributed by atoms with van der Waals surface area (Å²) in [6.45, 7) is 1.10. The number of hydrogen-bond acceptors (Lipinski definition) is 4. The van der Waals surface area contributed by atoms with Crippen molar-refractivity contribution in [2.75, 3.05) is 7.05 Å². The highest BCUT2D eigenvalue weighted by molar-refractivity contribution is 7.15. The maximum atomic E-state index is 13.3. The van der Waals surface area contributed by atoms with Crippen LogP contribution in [0, 0.1) is 5.82 Å². The number of fused-ring (bicyclic) bond motifs is 1. The highest BCUT2D eigenvalue weighted by atomic mass is 32.1. The summed E-state index contributed by atoms with van der Waals surface area (Å²) < 4.78 is 15.0. The summed E-state index contributed by atoms with van der Waals surface area (Å²) in [5, 5.41) is 1.96. The molecule has 0 aliphatic heterocycles. The molecule has 0 atom stereocenters. The second kappa shape index (κ2) is 7.42. The van der Waals surface area contributed by atoms with Crippen LogP contribution in [-0.4, -0.2) is 21.3 Å². The summed E-state index contributed by atoms with van der Waals surface area (Å²) in [5.74, 6) is -0.245. The molecule has 0 radical (unpaired) electrons. The average Bonchev–Trinajstić information content (AvgIpc) is 3.07. The van der Waals surface area contributed by atoms with Crippen molar-refractivity contribution in [1.82, 2.24) is 14.3 Å². The molecule has 0 aliphatic carbocycles. The molecule has 4 nitrogen and oxygen atoms in total. The Balaban J connectivity index is 1.59. The van der Waals surface area contributed by atoms with Crippen molar-refractivity contribution < 1.29 is 4.39 Å². The highest BCUT2D eigenvalue weighted by Crippen LogP contribution is 2.23. The number of rotatable bonds is 5. The maximum absolute atomic E-state index is 13.3. The van der Waals surface area contributed by atoms with Gasteiger partial charge in [0.05, 0.1) is 11.4 Å². The van der Waals surface area contributed by atoms with Gasteiger partial charge in [0.1, 0.15) is 5.82 Å². The van der Waals surface area contributed by atoms with Gasteiger partial charge in [-0.05, 0) is 30.3 Å². The Morgan fingerprint density at radius 3 is 2.67 bits per heavy atom. The SMILES string of the molecule is CN(Cc1cccc(F)c1)Cc1cc(=O)n2c(-c3ccccc3)csc2n1. The van der Waals surface area contributed by atoms with Crippen LogP contribution in [0.4, 0.5) is 4.39 Å². The lowest BCUT2D eigenvalue weighted by Crippen LogP contribution is -2.21. The molecule has 6 heteroatoms. The van der Waals surface area contributed by atoms with Gasteiger partial charge in [-0.3, -0.25) is 14.1 Å². The lowest BCUT2D eigenvalue weighted by atomic mass is 10.2. The van der Waals surface area contributed by atoms with Gasteiger partial charge in [-0.25, -0.2) is 9.37 Å². The van der Waals surface area contributed by atoms with Crippen LogP contribution >= 0.6 is 11.3 Å². The van der Waals surface area contributed by atoms with Crippen LogP contribution in [0.15, 0.2) is 70.8 Å². The average molecular weight is 379 g/mol. The van der Waals surface area contributed by atoms with E-state index in [1.165, 1.54) is 23.5 Å². The van der Waals surface area contributed by atoms with Crippen molar-refractivity contribution in [2.24, 2.45) is 0 Å². The second-order valence-electron chi connectivity index (χ2n) is 6.49. The molecule has 0 saturated heterocycles. The van der Waals surface area contributed by atoms with Crippen LogP contribution < -0.4 is 5.56 Å². The largest absolute Gasteiger partial charge is 0.296 e. The van der Waals surface area contributed by atoms with E-state index in [2.05, 4.69) is 4.98 Å². The molecular formula is C21H18FN3OS. The predicted octanol–water partition coefficient (Wildman–Crippen LogP) is 4.19. The van der Waals surface area contributed by atoms with Gasteiger partial charge in [0.25, 0.3) is 5.56 Å². The molecule has 0 saturated carbocycles. The van der Waals surface area contributed by atoms with E-state index in [9.17, 15) is 9.18 Å². The third-order valence-electron chi connectivity index (χ3n) is 4.30. The van der Waals surface area contributed by atoms with Crippen molar-refractivity contribution in [3.63, 3.8) is 0 Å². The number of thiazole rings is 1. The number of nitrogens with zero attached hydrogens (tertiary/aromatic N) is 3. The molecule has 0 unspecified atom stereocenters. The van der Waals surface area contributed by atoms with Gasteiger partial charge in [-0.15, -0.1) is 11.3 Å². The Kier molecular flexibility index (Phi) is 4.83. The van der Waals surface area contributed by atoms with E-state index in [0.29, 0.717) is 23.7 Å². The molecule has 2 heterocycles. The summed E-state index contributed by atoms with van der Waals surface area (Å²) in [7, 11) is 1.93. The first-order chi connectivity index (χ1) is 13.1. The first kappa shape index (κ1) is 17.6. The monoisotopic (exact) mass is 379 g/mol. The molecule has 2 aromatic carbocycles. The Hall–Kier alpha value is -2.83. The van der Waals surface area contributed by atoms with Gasteiger partial charge in [0.15, 0.2) is 4.96 Å². The molecule has 0 aliphatic rings. The van der Waals surface area contributed by atoms with Crippen LogP contribution in [0.5, 0.6) is 0 Å². The van der Waals surface area contributed by atoms with E-state index in [4.69, 9.17) is 0 Å². The van der Waals surface area contributed by atoms with E-state index < -0.39 is 0 Å². The third kappa shape index (κ3) is 3.82. The fourth-order valence-corrected chi connectivity index (χ4v) is 4.06. The molecule has 0 spiro atoms. The number of halogens is 1. The molecule has 0 N–H and O–H groups in total. The zero-order valence-corrected chi connectivity index (χ0v) is 15.6. The molecule has 0 amide bonds. The van der Waals surface area contributed by atoms with Crippen molar-refractivity contribution in [3.05, 3.63) is 93.5 Å². The van der Waals surface area contributed by atoms with Gasteiger partial charge < -0.3 is 0 Å². The van der Waals surface area contributed by atoms with E-state index in [1.807, 2.05) is 53.7 Å². The minimum Gasteiger partial charge on any atom is -0.296 e. The Morgan fingerprint density at radius 1 is 1.07 bits per heavy atom. The summed E-state index contributed by atoms with van der Waals surface area (Å²) in [5.41, 5.74) is 3.35. The summed E-state index contributed by atoms with van der Waals surface area (Å²) in [6, 6.07) is 17.9. The molecule has 0 fully saturated rings. The first-order valence-corrected chi connectivity index (χ1v) is 9.47. The van der Waals surface area contributed by atoms with E-state index in [1.54, 1.807) is 16.5 Å². The standard InChI is InChI=1S/C21H18FN3OS/c1-24(12-15-6-5-9-17(22)10-15)13-18-11-20(26)25-19(14-27-21(25)23-18)16-7-3-2-4-8-16/h2-11,14H,12-13H2,1H3. The van der Waals surface area contributed by atoms with Crippen LogP contribution in [0.2, 0.25) is 0 Å². The molecule has 136 valence electrons. The molecule has 2 aromatic heterocycles. The van der Waals surface area contributed by atoms with Crippen molar-refractivity contribution >= 4 is 16.3 Å². The Morgan fingerprint density at radius 2 is 1.89 bits per heavy atom. The third-order valence-corrected chi connectivity index (χ3v) is 5.13. The van der Waals surface area contributed by atoms with Crippen LogP contribution in [-0.2, 0) is 13.1 Å². The normalized spacial score (nSPS) is 11.4. The predicted molar refractivity (Wildman–Crippen MR) is 106 cm³/mol. The molecular weight excluding hydrogens is 361 g/mol. The van der Waals surface area contributed by atoms with Crippen molar-refractivity contribution in [2.45, 2.75) is 13.1 Å². The molecule has 4 rings (SSSR count). The minimum absolute atomic E-state index is 0.0886. The Bertz CT molecular complexity index is 1140. The maximum Gasteiger partial charge on any atom is 0.259 e. The minimum atomic E-state index is -0.245. The fourth-order valence-electron chi connectivity index (χ4n) is 3.14. The lowest BCUT2D eigenvalue weighted by Gasteiger charge is -2.16. The molecule has 27 heavy (non-hydrogen) atoms. The quantitative estimate of drug-likeness (QED) is 0.522. The summed E-state index contributed by atoms with van der Waals surface area (Å²) in [6.07, 6.45) is 0. The fraction of sp³-hybridized carbons (Fsp3) is 0.143. The van der Waals surface area contributed by atoms with Crippen LogP contribution in [0.1, 0.15) is 11.3 Å². The molecule has 0 bridgehead atoms. The van der Waals surface area contributed by atoms with Gasteiger partial charge in [-0.2, -0.15) is 0 Å². The summed E-state index contributed by atoms with van der Waals surface area (Å²) in [4.78, 5) is 20.0. The highest BCUT2D eigenvalue weighted by Gasteiger charge is 2.12. The van der Waals surface area contributed by atoms with E-state index in [-0.39, 0.29) is 11.4 Å². The van der Waals surface area contributed by atoms with Crippen molar-refractivity contribution in [3.8, 4) is 11.3 Å². The smallest absolute Gasteiger partial charge is 0.259 e. The zero-order chi connectivity index (χ0) is 18.8. The van der Waals surface area contributed by atoms with Crippen LogP contribution in [0.3, 0.4) is 0 Å². The number of hydrogen-bond donors (Lipinski definition) is 0. The first-order valence-electron chi connectivity index (χ1n) is 8.59. The van der Waals surface area contributed by atoms with Gasteiger partial charge in [-0.1, -0.05) is 42.5 Å².